The zero-order valence-corrected chi connectivity index (χ0v) is 19.7. The van der Waals surface area contributed by atoms with E-state index in [1.54, 1.807) is 0 Å². The number of rotatable bonds is 6. The lowest BCUT2D eigenvalue weighted by atomic mass is 9.81. The molecule has 166 valence electrons. The Morgan fingerprint density at radius 3 is 2.58 bits per heavy atom. The molecule has 0 aliphatic carbocycles. The van der Waals surface area contributed by atoms with Gasteiger partial charge in [-0.15, -0.1) is 0 Å². The minimum absolute atomic E-state index is 0.326. The lowest BCUT2D eigenvalue weighted by Gasteiger charge is -2.38. The molecule has 3 nitrogen and oxygen atoms in total. The van der Waals surface area contributed by atoms with E-state index in [0.29, 0.717) is 22.0 Å². The summed E-state index contributed by atoms with van der Waals surface area (Å²) < 4.78 is 6.20. The van der Waals surface area contributed by atoms with Crippen LogP contribution < -0.4 is 4.74 Å². The van der Waals surface area contributed by atoms with Crippen LogP contribution in [0.2, 0.25) is 10.0 Å². The highest BCUT2D eigenvalue weighted by molar-refractivity contribution is 6.42. The average Bonchev–Trinajstić information content (AvgIpc) is 3.28. The fourth-order valence-electron chi connectivity index (χ4n) is 5.65. The van der Waals surface area contributed by atoms with Gasteiger partial charge in [-0.2, -0.15) is 0 Å². The molecule has 3 heterocycles. The molecule has 3 aliphatic heterocycles. The van der Waals surface area contributed by atoms with Crippen LogP contribution in [0.4, 0.5) is 0 Å². The Morgan fingerprint density at radius 1 is 0.871 bits per heavy atom. The van der Waals surface area contributed by atoms with Crippen LogP contribution in [-0.4, -0.2) is 49.1 Å². The summed E-state index contributed by atoms with van der Waals surface area (Å²) in [4.78, 5) is 5.22. The Bertz CT molecular complexity index is 912. The largest absolute Gasteiger partial charge is 0.494 e. The van der Waals surface area contributed by atoms with Crippen LogP contribution in [0.3, 0.4) is 0 Å². The number of likely N-dealkylation sites (tertiary alicyclic amines) is 1. The first kappa shape index (κ1) is 21.6. The second-order valence-corrected chi connectivity index (χ2v) is 10.1. The highest BCUT2D eigenvalue weighted by Gasteiger charge is 2.36. The molecule has 0 amide bonds. The monoisotopic (exact) mass is 458 g/mol. The van der Waals surface area contributed by atoms with Crippen molar-refractivity contribution in [2.45, 2.75) is 50.5 Å². The highest BCUT2D eigenvalue weighted by Crippen LogP contribution is 2.45. The summed E-state index contributed by atoms with van der Waals surface area (Å²) in [5.41, 5.74) is 4.10. The number of hydrogen-bond acceptors (Lipinski definition) is 3. The molecule has 0 bridgehead atoms. The van der Waals surface area contributed by atoms with Crippen molar-refractivity contribution in [1.29, 1.82) is 0 Å². The van der Waals surface area contributed by atoms with Crippen LogP contribution in [0.25, 0.3) is 0 Å². The molecule has 2 saturated heterocycles. The number of fused-ring (bicyclic) bond motifs is 3. The van der Waals surface area contributed by atoms with E-state index in [0.717, 1.165) is 31.9 Å². The van der Waals surface area contributed by atoms with Crippen molar-refractivity contribution in [3.05, 3.63) is 63.1 Å². The van der Waals surface area contributed by atoms with Gasteiger partial charge in [-0.1, -0.05) is 41.8 Å². The molecule has 0 aromatic heterocycles. The molecular formula is C26H32Cl2N2O. The van der Waals surface area contributed by atoms with Gasteiger partial charge in [0.2, 0.25) is 0 Å². The Labute approximate surface area is 196 Å². The van der Waals surface area contributed by atoms with Crippen LogP contribution in [0.1, 0.15) is 67.2 Å². The maximum absolute atomic E-state index is 6.35. The molecule has 0 unspecified atom stereocenters. The van der Waals surface area contributed by atoms with Gasteiger partial charge in [0.05, 0.1) is 16.7 Å². The van der Waals surface area contributed by atoms with Crippen molar-refractivity contribution >= 4 is 23.2 Å². The predicted molar refractivity (Wildman–Crippen MR) is 129 cm³/mol. The van der Waals surface area contributed by atoms with Crippen molar-refractivity contribution < 1.29 is 4.74 Å². The van der Waals surface area contributed by atoms with Crippen molar-refractivity contribution in [2.24, 2.45) is 0 Å². The van der Waals surface area contributed by atoms with Gasteiger partial charge >= 0.3 is 0 Å². The van der Waals surface area contributed by atoms with Crippen LogP contribution in [-0.2, 0) is 0 Å². The third-order valence-corrected chi connectivity index (χ3v) is 7.99. The summed E-state index contributed by atoms with van der Waals surface area (Å²) in [6.07, 6.45) is 7.69. The molecule has 2 aromatic rings. The van der Waals surface area contributed by atoms with Gasteiger partial charge in [-0.05, 0) is 92.7 Å². The van der Waals surface area contributed by atoms with Crippen molar-refractivity contribution in [2.75, 3.05) is 39.3 Å². The van der Waals surface area contributed by atoms with E-state index in [1.807, 2.05) is 12.1 Å². The zero-order chi connectivity index (χ0) is 21.2. The van der Waals surface area contributed by atoms with Crippen LogP contribution in [0.5, 0.6) is 5.75 Å². The molecule has 0 saturated carbocycles. The van der Waals surface area contributed by atoms with Crippen LogP contribution in [0, 0.1) is 0 Å². The lowest BCUT2D eigenvalue weighted by molar-refractivity contribution is 0.204. The Kier molecular flexibility index (Phi) is 6.75. The van der Waals surface area contributed by atoms with Crippen molar-refractivity contribution in [3.63, 3.8) is 0 Å². The standard InChI is InChI=1S/C26H32Cl2N2O/c27-24-10-7-19(16-25(24)28)23-18-30-14-4-6-26(30)22-17-20(8-9-21(22)23)31-15-5-13-29-11-2-1-3-12-29/h7-10,16-17,23,26H,1-6,11-15,18H2/t23-,26+/m1/s1. The number of ether oxygens (including phenoxy) is 1. The number of hydrogen-bond donors (Lipinski definition) is 0. The van der Waals surface area contributed by atoms with E-state index in [1.165, 1.54) is 68.4 Å². The summed E-state index contributed by atoms with van der Waals surface area (Å²) in [6, 6.07) is 13.4. The summed E-state index contributed by atoms with van der Waals surface area (Å²) in [6.45, 7) is 6.67. The number of halogens is 2. The summed E-state index contributed by atoms with van der Waals surface area (Å²) in [5.74, 6) is 1.34. The van der Waals surface area contributed by atoms with Crippen LogP contribution >= 0.6 is 23.2 Å². The molecule has 2 fully saturated rings. The number of benzene rings is 2. The third kappa shape index (κ3) is 4.75. The summed E-state index contributed by atoms with van der Waals surface area (Å²) in [5, 5.41) is 1.26. The van der Waals surface area contributed by atoms with E-state index < -0.39 is 0 Å². The molecule has 2 atom stereocenters. The first-order valence-corrected chi connectivity index (χ1v) is 12.6. The molecule has 0 N–H and O–H groups in total. The third-order valence-electron chi connectivity index (χ3n) is 7.26. The van der Waals surface area contributed by atoms with Gasteiger partial charge in [0.1, 0.15) is 5.75 Å². The van der Waals surface area contributed by atoms with Crippen molar-refractivity contribution in [1.82, 2.24) is 9.80 Å². The molecule has 31 heavy (non-hydrogen) atoms. The SMILES string of the molecule is Clc1ccc([C@H]2CN3CCC[C@H]3c3cc(OCCCN4CCCCC4)ccc32)cc1Cl. The summed E-state index contributed by atoms with van der Waals surface area (Å²) in [7, 11) is 0. The van der Waals surface area contributed by atoms with Gasteiger partial charge in [-0.25, -0.2) is 0 Å². The number of piperidine rings is 1. The van der Waals surface area contributed by atoms with Crippen LogP contribution in [0.15, 0.2) is 36.4 Å². The second-order valence-electron chi connectivity index (χ2n) is 9.27. The van der Waals surface area contributed by atoms with Crippen molar-refractivity contribution in [3.8, 4) is 5.75 Å². The normalized spacial score (nSPS) is 24.1. The minimum Gasteiger partial charge on any atom is -0.494 e. The minimum atomic E-state index is 0.326. The Balaban J connectivity index is 1.31. The molecule has 3 aliphatic rings. The fraction of sp³-hybridized carbons (Fsp3) is 0.538. The Morgan fingerprint density at radius 2 is 1.74 bits per heavy atom. The van der Waals surface area contributed by atoms with Gasteiger partial charge < -0.3 is 9.64 Å². The summed E-state index contributed by atoms with van der Waals surface area (Å²) >= 11 is 12.5. The van der Waals surface area contributed by atoms with Gasteiger partial charge in [-0.3, -0.25) is 4.90 Å². The molecule has 0 spiro atoms. The molecular weight excluding hydrogens is 427 g/mol. The van der Waals surface area contributed by atoms with Gasteiger partial charge in [0.25, 0.3) is 0 Å². The van der Waals surface area contributed by atoms with E-state index in [-0.39, 0.29) is 0 Å². The highest BCUT2D eigenvalue weighted by atomic mass is 35.5. The quantitative estimate of drug-likeness (QED) is 0.457. The number of nitrogens with zero attached hydrogens (tertiary/aromatic N) is 2. The molecule has 5 rings (SSSR count). The lowest BCUT2D eigenvalue weighted by Crippen LogP contribution is -2.34. The van der Waals surface area contributed by atoms with E-state index >= 15 is 0 Å². The van der Waals surface area contributed by atoms with E-state index in [9.17, 15) is 0 Å². The van der Waals surface area contributed by atoms with Gasteiger partial charge in [0, 0.05) is 25.0 Å². The smallest absolute Gasteiger partial charge is 0.119 e. The fourth-order valence-corrected chi connectivity index (χ4v) is 5.96. The van der Waals surface area contributed by atoms with E-state index in [4.69, 9.17) is 27.9 Å². The first-order valence-electron chi connectivity index (χ1n) is 11.9. The van der Waals surface area contributed by atoms with Gasteiger partial charge in [0.15, 0.2) is 0 Å². The zero-order valence-electron chi connectivity index (χ0n) is 18.2. The average molecular weight is 459 g/mol. The molecule has 5 heteroatoms. The maximum atomic E-state index is 6.35. The maximum Gasteiger partial charge on any atom is 0.119 e. The Hall–Kier alpha value is -1.26. The second kappa shape index (κ2) is 9.70. The first-order chi connectivity index (χ1) is 15.2. The van der Waals surface area contributed by atoms with E-state index in [2.05, 4.69) is 34.1 Å². The molecule has 0 radical (unpaired) electrons. The topological polar surface area (TPSA) is 15.7 Å². The predicted octanol–water partition coefficient (Wildman–Crippen LogP) is 6.53. The molecule has 2 aromatic carbocycles.